The van der Waals surface area contributed by atoms with Crippen LogP contribution in [0.2, 0.25) is 0 Å². The molecule has 0 fully saturated rings. The first-order valence-electron chi connectivity index (χ1n) is 12.8. The Morgan fingerprint density at radius 3 is 2.86 bits per heavy atom. The van der Waals surface area contributed by atoms with Gasteiger partial charge in [-0.25, -0.2) is 13.8 Å². The molecule has 1 aromatic heterocycles. The lowest BCUT2D eigenvalue weighted by Gasteiger charge is -2.29. The van der Waals surface area contributed by atoms with Crippen molar-refractivity contribution in [1.82, 2.24) is 20.2 Å². The second-order valence-corrected chi connectivity index (χ2v) is 9.49. The van der Waals surface area contributed by atoms with Gasteiger partial charge in [-0.2, -0.15) is 0 Å². The molecule has 1 heterocycles. The number of fused-ring (bicyclic) bond motifs is 1. The summed E-state index contributed by atoms with van der Waals surface area (Å²) in [6.45, 7) is 7.83. The fourth-order valence-electron chi connectivity index (χ4n) is 4.52. The van der Waals surface area contributed by atoms with Crippen LogP contribution < -0.4 is 16.0 Å². The molecule has 2 aromatic rings. The van der Waals surface area contributed by atoms with Gasteiger partial charge in [0.25, 0.3) is 0 Å². The Morgan fingerprint density at radius 2 is 2.11 bits per heavy atom. The van der Waals surface area contributed by atoms with E-state index in [1.807, 2.05) is 25.3 Å². The summed E-state index contributed by atoms with van der Waals surface area (Å²) < 4.78 is 34.9. The second-order valence-electron chi connectivity index (χ2n) is 9.49. The quantitative estimate of drug-likeness (QED) is 0.314. The molecule has 1 amide bonds. The molecule has 36 heavy (non-hydrogen) atoms. The number of carbonyl (C=O) groups excluding carboxylic acids is 1. The number of rotatable bonds is 14. The molecule has 1 unspecified atom stereocenters. The number of aliphatic hydroxyl groups excluding tert-OH is 1. The summed E-state index contributed by atoms with van der Waals surface area (Å²) in [4.78, 5) is 17.4. The molecule has 200 valence electrons. The van der Waals surface area contributed by atoms with Gasteiger partial charge in [-0.05, 0) is 56.7 Å². The third-order valence-corrected chi connectivity index (χ3v) is 6.49. The first-order valence-corrected chi connectivity index (χ1v) is 12.8. The smallest absolute Gasteiger partial charge is 0.242 e. The van der Waals surface area contributed by atoms with Crippen LogP contribution in [-0.4, -0.2) is 65.1 Å². The van der Waals surface area contributed by atoms with Gasteiger partial charge in [0.2, 0.25) is 5.91 Å². The Hall–Kier alpha value is -2.40. The maximum absolute atomic E-state index is 14.3. The van der Waals surface area contributed by atoms with Gasteiger partial charge in [-0.1, -0.05) is 13.3 Å². The number of nitrogens with one attached hydrogen (secondary N) is 3. The molecular weight excluding hydrogens is 468 g/mol. The Balaban J connectivity index is 1.52. The van der Waals surface area contributed by atoms with Crippen LogP contribution in [0.15, 0.2) is 24.7 Å². The summed E-state index contributed by atoms with van der Waals surface area (Å²) >= 11 is 0. The van der Waals surface area contributed by atoms with Crippen LogP contribution in [0.3, 0.4) is 0 Å². The van der Waals surface area contributed by atoms with Crippen molar-refractivity contribution in [3.8, 4) is 0 Å². The number of halogens is 2. The minimum Gasteiger partial charge on any atom is -0.389 e. The summed E-state index contributed by atoms with van der Waals surface area (Å²) in [5.74, 6) is -0.797. The number of hydrogen-bond donors (Lipinski definition) is 4. The molecule has 1 aromatic carbocycles. The normalized spacial score (nSPS) is 17.9. The van der Waals surface area contributed by atoms with Crippen molar-refractivity contribution in [2.24, 2.45) is 0 Å². The number of nitrogens with zero attached hydrogens (tertiary/aromatic N) is 2. The number of aromatic nitrogens is 2. The van der Waals surface area contributed by atoms with Crippen molar-refractivity contribution in [3.05, 3.63) is 47.4 Å². The van der Waals surface area contributed by atoms with Gasteiger partial charge in [0.15, 0.2) is 5.82 Å². The molecule has 4 N–H and O–H groups in total. The zero-order valence-corrected chi connectivity index (χ0v) is 21.4. The third-order valence-electron chi connectivity index (χ3n) is 6.49. The number of anilines is 1. The first kappa shape index (κ1) is 28.2. The number of aryl methyl sites for hydroxylation is 1. The highest BCUT2D eigenvalue weighted by molar-refractivity contribution is 5.94. The molecule has 1 aliphatic rings. The molecule has 8 nitrogen and oxygen atoms in total. The van der Waals surface area contributed by atoms with Crippen molar-refractivity contribution in [3.63, 3.8) is 0 Å². The van der Waals surface area contributed by atoms with Crippen molar-refractivity contribution in [2.75, 3.05) is 31.6 Å². The zero-order valence-electron chi connectivity index (χ0n) is 21.4. The maximum atomic E-state index is 14.3. The van der Waals surface area contributed by atoms with Gasteiger partial charge >= 0.3 is 0 Å². The standard InChI is InChI=1S/C26H39F2N5O3/c1-4-6-24(31-20-8-7-18-9-19(27)10-23(28)22(18)11-20)26(35)32-25-14-33(16-30-25)17(3)12-29-13-21(34)15-36-5-2/h9-10,14,16-17,20-21,24,29,31,34H,4-8,11-13,15H2,1-3H3,(H,32,35)/t17-,20-,21?,24-/m0/s1. The number of benzene rings is 1. The zero-order chi connectivity index (χ0) is 26.1. The predicted octanol–water partition coefficient (Wildman–Crippen LogP) is 2.96. The van der Waals surface area contributed by atoms with Crippen molar-refractivity contribution in [2.45, 2.75) is 77.1 Å². The Bertz CT molecular complexity index is 986. The van der Waals surface area contributed by atoms with Gasteiger partial charge in [0.05, 0.1) is 25.1 Å². The van der Waals surface area contributed by atoms with Gasteiger partial charge in [0, 0.05) is 44.0 Å². The van der Waals surface area contributed by atoms with E-state index in [1.165, 1.54) is 6.07 Å². The van der Waals surface area contributed by atoms with Crippen LogP contribution >= 0.6 is 0 Å². The molecular formula is C26H39F2N5O3. The van der Waals surface area contributed by atoms with Gasteiger partial charge in [-0.15, -0.1) is 0 Å². The molecule has 0 saturated carbocycles. The van der Waals surface area contributed by atoms with Gasteiger partial charge in [0.1, 0.15) is 11.6 Å². The molecule has 0 radical (unpaired) electrons. The minimum atomic E-state index is -0.562. The number of carbonyl (C=O) groups is 1. The summed E-state index contributed by atoms with van der Waals surface area (Å²) in [6, 6.07) is 1.88. The molecule has 10 heteroatoms. The molecule has 0 spiro atoms. The number of hydrogen-bond acceptors (Lipinski definition) is 6. The van der Waals surface area contributed by atoms with Crippen LogP contribution in [0.25, 0.3) is 0 Å². The lowest BCUT2D eigenvalue weighted by Crippen LogP contribution is -2.48. The van der Waals surface area contributed by atoms with E-state index in [0.717, 1.165) is 12.5 Å². The second kappa shape index (κ2) is 13.8. The van der Waals surface area contributed by atoms with E-state index in [0.29, 0.717) is 68.9 Å². The Kier molecular flexibility index (Phi) is 10.8. The fourth-order valence-corrected chi connectivity index (χ4v) is 4.52. The lowest BCUT2D eigenvalue weighted by atomic mass is 9.87. The predicted molar refractivity (Wildman–Crippen MR) is 135 cm³/mol. The van der Waals surface area contributed by atoms with Crippen LogP contribution in [0, 0.1) is 11.6 Å². The van der Waals surface area contributed by atoms with Gasteiger partial charge in [-0.3, -0.25) is 4.79 Å². The lowest BCUT2D eigenvalue weighted by molar-refractivity contribution is -0.118. The summed E-state index contributed by atoms with van der Waals surface area (Å²) in [6.07, 6.45) is 6.03. The first-order chi connectivity index (χ1) is 17.3. The highest BCUT2D eigenvalue weighted by Gasteiger charge is 2.27. The summed E-state index contributed by atoms with van der Waals surface area (Å²) in [5, 5.41) is 19.4. The van der Waals surface area contributed by atoms with E-state index in [1.54, 1.807) is 12.5 Å². The molecule has 4 atom stereocenters. The number of ether oxygens (including phenoxy) is 1. The van der Waals surface area contributed by atoms with Crippen LogP contribution in [0.4, 0.5) is 14.6 Å². The number of amides is 1. The fraction of sp³-hybridized carbons (Fsp3) is 0.615. The van der Waals surface area contributed by atoms with Crippen molar-refractivity contribution < 1.29 is 23.4 Å². The highest BCUT2D eigenvalue weighted by atomic mass is 19.1. The average Bonchev–Trinajstić information content (AvgIpc) is 3.31. The topological polar surface area (TPSA) is 100 Å². The van der Waals surface area contributed by atoms with E-state index < -0.39 is 23.8 Å². The SMILES string of the molecule is CCC[C@H](N[C@H]1CCc2cc(F)cc(F)c2C1)C(=O)Nc1cn([C@@H](C)CNCC(O)COCC)cn1. The van der Waals surface area contributed by atoms with Crippen LogP contribution in [0.5, 0.6) is 0 Å². The highest BCUT2D eigenvalue weighted by Crippen LogP contribution is 2.26. The molecule has 1 aliphatic carbocycles. The number of imidazole rings is 1. The molecule has 3 rings (SSSR count). The largest absolute Gasteiger partial charge is 0.389 e. The third kappa shape index (κ3) is 8.06. The van der Waals surface area contributed by atoms with E-state index in [4.69, 9.17) is 4.74 Å². The molecule has 0 saturated heterocycles. The van der Waals surface area contributed by atoms with Crippen molar-refractivity contribution >= 4 is 11.7 Å². The van der Waals surface area contributed by atoms with E-state index in [9.17, 15) is 18.7 Å². The summed E-state index contributed by atoms with van der Waals surface area (Å²) in [7, 11) is 0. The van der Waals surface area contributed by atoms with Crippen LogP contribution in [-0.2, 0) is 22.4 Å². The monoisotopic (exact) mass is 507 g/mol. The van der Waals surface area contributed by atoms with E-state index in [2.05, 4.69) is 20.9 Å². The number of aliphatic hydroxyl groups is 1. The Labute approximate surface area is 211 Å². The van der Waals surface area contributed by atoms with Crippen molar-refractivity contribution in [1.29, 1.82) is 0 Å². The minimum absolute atomic E-state index is 0.0639. The van der Waals surface area contributed by atoms with Crippen LogP contribution in [0.1, 0.15) is 57.2 Å². The molecule has 0 bridgehead atoms. The summed E-state index contributed by atoms with van der Waals surface area (Å²) in [5.41, 5.74) is 1.24. The maximum Gasteiger partial charge on any atom is 0.242 e. The van der Waals surface area contributed by atoms with E-state index in [-0.39, 0.29) is 18.0 Å². The average molecular weight is 508 g/mol. The van der Waals surface area contributed by atoms with Gasteiger partial charge < -0.3 is 30.4 Å². The molecule has 0 aliphatic heterocycles. The Morgan fingerprint density at radius 1 is 1.31 bits per heavy atom. The van der Waals surface area contributed by atoms with E-state index >= 15 is 0 Å².